The van der Waals surface area contributed by atoms with E-state index < -0.39 is 17.5 Å². The molecule has 5 nitrogen and oxygen atoms in total. The molecule has 124 valence electrons. The molecule has 0 bridgehead atoms. The maximum atomic E-state index is 13.6. The highest BCUT2D eigenvalue weighted by Crippen LogP contribution is 2.18. The number of nitrogens with one attached hydrogen (secondary N) is 1. The molecule has 0 atom stereocenters. The highest BCUT2D eigenvalue weighted by molar-refractivity contribution is 5.68. The fraction of sp³-hybridized carbons (Fsp3) is 0.375. The quantitative estimate of drug-likeness (QED) is 0.900. The van der Waals surface area contributed by atoms with Crippen molar-refractivity contribution < 1.29 is 23.0 Å². The van der Waals surface area contributed by atoms with Crippen LogP contribution in [0, 0.1) is 17.1 Å². The van der Waals surface area contributed by atoms with Gasteiger partial charge in [-0.15, -0.1) is 0 Å². The van der Waals surface area contributed by atoms with Gasteiger partial charge in [0.25, 0.3) is 0 Å². The van der Waals surface area contributed by atoms with E-state index in [1.165, 1.54) is 12.1 Å². The number of hydrogen-bond acceptors (Lipinski definition) is 4. The van der Waals surface area contributed by atoms with Crippen molar-refractivity contribution in [2.24, 2.45) is 0 Å². The predicted octanol–water partition coefficient (Wildman–Crippen LogP) is 3.45. The largest absolute Gasteiger partial charge is 0.486 e. The molecule has 1 amide bonds. The van der Waals surface area contributed by atoms with Crippen LogP contribution in [-0.4, -0.2) is 24.8 Å². The maximum Gasteiger partial charge on any atom is 0.407 e. The van der Waals surface area contributed by atoms with Gasteiger partial charge in [-0.05, 0) is 39.0 Å². The molecule has 0 aliphatic rings. The van der Waals surface area contributed by atoms with Gasteiger partial charge in [-0.2, -0.15) is 5.26 Å². The zero-order valence-corrected chi connectivity index (χ0v) is 13.2. The second kappa shape index (κ2) is 8.13. The van der Waals surface area contributed by atoms with Crippen LogP contribution >= 0.6 is 0 Å². The number of nitriles is 1. The van der Waals surface area contributed by atoms with Gasteiger partial charge in [-0.3, -0.25) is 0 Å². The Labute approximate surface area is 133 Å². The summed E-state index contributed by atoms with van der Waals surface area (Å²) in [7, 11) is 0. The second-order valence-corrected chi connectivity index (χ2v) is 5.67. The van der Waals surface area contributed by atoms with Crippen molar-refractivity contribution in [1.29, 1.82) is 5.26 Å². The van der Waals surface area contributed by atoms with Crippen LogP contribution in [0.2, 0.25) is 0 Å². The van der Waals surface area contributed by atoms with E-state index in [2.05, 4.69) is 5.32 Å². The third-order valence-electron chi connectivity index (χ3n) is 2.49. The van der Waals surface area contributed by atoms with Crippen molar-refractivity contribution in [2.75, 3.05) is 13.2 Å². The number of halogens is 2. The Morgan fingerprint density at radius 1 is 1.43 bits per heavy atom. The fourth-order valence-electron chi connectivity index (χ4n) is 1.48. The molecule has 1 aromatic rings. The smallest absolute Gasteiger partial charge is 0.407 e. The molecule has 0 unspecified atom stereocenters. The van der Waals surface area contributed by atoms with E-state index in [1.807, 2.05) is 0 Å². The van der Waals surface area contributed by atoms with E-state index in [4.69, 9.17) is 14.7 Å². The van der Waals surface area contributed by atoms with Crippen molar-refractivity contribution in [3.63, 3.8) is 0 Å². The molecule has 0 saturated heterocycles. The van der Waals surface area contributed by atoms with Crippen LogP contribution in [0.25, 0.3) is 0 Å². The maximum absolute atomic E-state index is 13.6. The van der Waals surface area contributed by atoms with Gasteiger partial charge in [-0.1, -0.05) is 0 Å². The number of rotatable bonds is 5. The summed E-state index contributed by atoms with van der Waals surface area (Å²) in [6.07, 6.45) is -0.416. The molecule has 0 aliphatic carbocycles. The molecule has 23 heavy (non-hydrogen) atoms. The number of benzene rings is 1. The zero-order chi connectivity index (χ0) is 17.5. The Morgan fingerprint density at radius 2 is 2.13 bits per heavy atom. The lowest BCUT2D eigenvalue weighted by molar-refractivity contribution is 0.0531. The van der Waals surface area contributed by atoms with E-state index in [0.29, 0.717) is 0 Å². The Hall–Kier alpha value is -2.62. The summed E-state index contributed by atoms with van der Waals surface area (Å²) in [6, 6.07) is 5.48. The lowest BCUT2D eigenvalue weighted by atomic mass is 10.2. The van der Waals surface area contributed by atoms with Gasteiger partial charge < -0.3 is 14.8 Å². The van der Waals surface area contributed by atoms with E-state index in [0.717, 1.165) is 6.07 Å². The summed E-state index contributed by atoms with van der Waals surface area (Å²) in [5.41, 5.74) is -0.409. The van der Waals surface area contributed by atoms with Crippen LogP contribution in [0.5, 0.6) is 5.75 Å². The number of carbonyl (C=O) groups excluding carboxylic acids is 1. The first kappa shape index (κ1) is 18.4. The van der Waals surface area contributed by atoms with E-state index in [1.54, 1.807) is 26.8 Å². The average Bonchev–Trinajstić information content (AvgIpc) is 2.46. The monoisotopic (exact) mass is 324 g/mol. The standard InChI is InChI=1S/C16H18F2N2O3/c1-16(2,3)23-15(21)20-9-12(7-17)10-22-14-5-4-11(8-19)6-13(14)18/h4-7H,9-10H2,1-3H3,(H,20,21)/b12-7+. The molecule has 0 aromatic heterocycles. The molecule has 1 rings (SSSR count). The lowest BCUT2D eigenvalue weighted by Gasteiger charge is -2.20. The first-order valence-electron chi connectivity index (χ1n) is 6.82. The minimum atomic E-state index is -0.720. The number of alkyl carbamates (subject to hydrolysis) is 1. The second-order valence-electron chi connectivity index (χ2n) is 5.67. The Bertz CT molecular complexity index is 631. The Morgan fingerprint density at radius 3 is 2.65 bits per heavy atom. The summed E-state index contributed by atoms with van der Waals surface area (Å²) in [4.78, 5) is 11.5. The van der Waals surface area contributed by atoms with E-state index >= 15 is 0 Å². The Kier molecular flexibility index (Phi) is 6.51. The molecule has 1 aromatic carbocycles. The molecular weight excluding hydrogens is 306 g/mol. The molecular formula is C16H18F2N2O3. The summed E-state index contributed by atoms with van der Waals surface area (Å²) in [5, 5.41) is 11.0. The average molecular weight is 324 g/mol. The van der Waals surface area contributed by atoms with Crippen molar-refractivity contribution in [3.05, 3.63) is 41.5 Å². The van der Waals surface area contributed by atoms with Crippen molar-refractivity contribution in [1.82, 2.24) is 5.32 Å². The minimum Gasteiger partial charge on any atom is -0.486 e. The molecule has 0 spiro atoms. The fourth-order valence-corrected chi connectivity index (χ4v) is 1.48. The van der Waals surface area contributed by atoms with Crippen molar-refractivity contribution >= 4 is 6.09 Å². The molecule has 1 N–H and O–H groups in total. The van der Waals surface area contributed by atoms with Gasteiger partial charge in [0, 0.05) is 12.1 Å². The molecule has 0 aliphatic heterocycles. The third-order valence-corrected chi connectivity index (χ3v) is 2.49. The van der Waals surface area contributed by atoms with Crippen LogP contribution in [-0.2, 0) is 4.74 Å². The Balaban J connectivity index is 2.52. The SMILES string of the molecule is CC(C)(C)OC(=O)NC/C(=C\F)COc1ccc(C#N)cc1F. The normalized spacial score (nSPS) is 11.6. The first-order valence-corrected chi connectivity index (χ1v) is 6.82. The van der Waals surface area contributed by atoms with Crippen LogP contribution in [0.15, 0.2) is 30.1 Å². The number of ether oxygens (including phenoxy) is 2. The van der Waals surface area contributed by atoms with E-state index in [-0.39, 0.29) is 36.4 Å². The van der Waals surface area contributed by atoms with Crippen LogP contribution in [0.4, 0.5) is 13.6 Å². The van der Waals surface area contributed by atoms with Crippen molar-refractivity contribution in [2.45, 2.75) is 26.4 Å². The minimum absolute atomic E-state index is 0.0969. The van der Waals surface area contributed by atoms with Crippen LogP contribution < -0.4 is 10.1 Å². The molecule has 7 heteroatoms. The zero-order valence-electron chi connectivity index (χ0n) is 13.2. The number of nitrogens with zero attached hydrogens (tertiary/aromatic N) is 1. The predicted molar refractivity (Wildman–Crippen MR) is 80.0 cm³/mol. The molecule has 0 radical (unpaired) electrons. The number of amides is 1. The third kappa shape index (κ3) is 6.78. The highest BCUT2D eigenvalue weighted by atomic mass is 19.1. The molecule has 0 saturated carbocycles. The summed E-state index contributed by atoms with van der Waals surface area (Å²) >= 11 is 0. The van der Waals surface area contributed by atoms with Gasteiger partial charge in [0.05, 0.1) is 18.0 Å². The number of hydrogen-bond donors (Lipinski definition) is 1. The van der Waals surface area contributed by atoms with Gasteiger partial charge >= 0.3 is 6.09 Å². The van der Waals surface area contributed by atoms with Gasteiger partial charge in [0.1, 0.15) is 12.2 Å². The lowest BCUT2D eigenvalue weighted by Crippen LogP contribution is -2.34. The molecule has 0 fully saturated rings. The molecule has 0 heterocycles. The van der Waals surface area contributed by atoms with Gasteiger partial charge in [0.2, 0.25) is 0 Å². The summed E-state index contributed by atoms with van der Waals surface area (Å²) in [5.74, 6) is -0.831. The highest BCUT2D eigenvalue weighted by Gasteiger charge is 2.16. The summed E-state index contributed by atoms with van der Waals surface area (Å²) < 4.78 is 36.6. The van der Waals surface area contributed by atoms with Crippen LogP contribution in [0.1, 0.15) is 26.3 Å². The first-order chi connectivity index (χ1) is 10.7. The van der Waals surface area contributed by atoms with Gasteiger partial charge in [-0.25, -0.2) is 13.6 Å². The van der Waals surface area contributed by atoms with Crippen LogP contribution in [0.3, 0.4) is 0 Å². The van der Waals surface area contributed by atoms with E-state index in [9.17, 15) is 13.6 Å². The van der Waals surface area contributed by atoms with Crippen molar-refractivity contribution in [3.8, 4) is 11.8 Å². The number of carbonyl (C=O) groups is 1. The summed E-state index contributed by atoms with van der Waals surface area (Å²) in [6.45, 7) is 4.72. The topological polar surface area (TPSA) is 71.3 Å². The van der Waals surface area contributed by atoms with Gasteiger partial charge in [0.15, 0.2) is 11.6 Å².